The van der Waals surface area contributed by atoms with Gasteiger partial charge in [0, 0.05) is 45.7 Å². The fourth-order valence-corrected chi connectivity index (χ4v) is 3.93. The molecule has 0 saturated carbocycles. The van der Waals surface area contributed by atoms with Gasteiger partial charge in [0.2, 0.25) is 11.7 Å². The molecule has 3 rings (SSSR count). The molecular formula is C25H35N3O4. The van der Waals surface area contributed by atoms with Gasteiger partial charge in [0.05, 0.1) is 21.3 Å². The van der Waals surface area contributed by atoms with Gasteiger partial charge in [0.25, 0.3) is 0 Å². The molecule has 7 nitrogen and oxygen atoms in total. The number of benzene rings is 2. The molecule has 0 atom stereocenters. The molecule has 0 radical (unpaired) electrons. The Morgan fingerprint density at radius 2 is 1.56 bits per heavy atom. The van der Waals surface area contributed by atoms with Crippen LogP contribution in [0.3, 0.4) is 0 Å². The zero-order chi connectivity index (χ0) is 22.9. The molecule has 32 heavy (non-hydrogen) atoms. The standard InChI is InChI=1S/C25H35N3O4/c1-27-10-12-28(13-11-27)18-21-7-5-6-20(14-21)17-26-24(29)9-8-19-15-22(30-2)25(32-4)23(16-19)31-3/h5-7,14-16H,8-13,17-18H2,1-4H3,(H,26,29). The Morgan fingerprint density at radius 3 is 2.19 bits per heavy atom. The van der Waals surface area contributed by atoms with Crippen molar-refractivity contribution in [3.63, 3.8) is 0 Å². The Balaban J connectivity index is 1.50. The summed E-state index contributed by atoms with van der Waals surface area (Å²) in [5.74, 6) is 1.77. The summed E-state index contributed by atoms with van der Waals surface area (Å²) in [7, 11) is 6.92. The second kappa shape index (κ2) is 11.7. The van der Waals surface area contributed by atoms with Gasteiger partial charge in [-0.15, -0.1) is 0 Å². The van der Waals surface area contributed by atoms with Crippen molar-refractivity contribution in [1.82, 2.24) is 15.1 Å². The van der Waals surface area contributed by atoms with E-state index in [4.69, 9.17) is 14.2 Å². The first-order valence-corrected chi connectivity index (χ1v) is 11.1. The highest BCUT2D eigenvalue weighted by molar-refractivity contribution is 5.76. The van der Waals surface area contributed by atoms with Crippen LogP contribution in [0, 0.1) is 0 Å². The highest BCUT2D eigenvalue weighted by atomic mass is 16.5. The lowest BCUT2D eigenvalue weighted by atomic mass is 10.1. The van der Waals surface area contributed by atoms with E-state index in [0.29, 0.717) is 36.6 Å². The first-order chi connectivity index (χ1) is 15.5. The topological polar surface area (TPSA) is 63.3 Å². The normalized spacial score (nSPS) is 14.8. The predicted molar refractivity (Wildman–Crippen MR) is 125 cm³/mol. The van der Waals surface area contributed by atoms with Crippen LogP contribution in [0.25, 0.3) is 0 Å². The minimum atomic E-state index is 0.0169. The number of carbonyl (C=O) groups is 1. The number of likely N-dealkylation sites (N-methyl/N-ethyl adjacent to an activating group) is 1. The Labute approximate surface area is 191 Å². The second-order valence-corrected chi connectivity index (χ2v) is 8.21. The molecule has 7 heteroatoms. The zero-order valence-electron chi connectivity index (χ0n) is 19.6. The number of carbonyl (C=O) groups excluding carboxylic acids is 1. The van der Waals surface area contributed by atoms with Crippen molar-refractivity contribution in [2.75, 3.05) is 54.6 Å². The van der Waals surface area contributed by atoms with Crippen molar-refractivity contribution in [1.29, 1.82) is 0 Å². The molecule has 0 aliphatic carbocycles. The van der Waals surface area contributed by atoms with E-state index in [9.17, 15) is 4.79 Å². The molecule has 1 fully saturated rings. The molecule has 1 amide bonds. The van der Waals surface area contributed by atoms with Gasteiger partial charge in [0.1, 0.15) is 0 Å². The van der Waals surface area contributed by atoms with E-state index in [1.807, 2.05) is 12.1 Å². The Hall–Kier alpha value is -2.77. The van der Waals surface area contributed by atoms with E-state index in [-0.39, 0.29) is 5.91 Å². The summed E-state index contributed by atoms with van der Waals surface area (Å²) in [5, 5.41) is 3.04. The molecule has 0 spiro atoms. The Bertz CT molecular complexity index is 870. The van der Waals surface area contributed by atoms with Gasteiger partial charge in [-0.05, 0) is 42.3 Å². The quantitative estimate of drug-likeness (QED) is 0.612. The summed E-state index contributed by atoms with van der Waals surface area (Å²) in [4.78, 5) is 17.3. The van der Waals surface area contributed by atoms with Gasteiger partial charge >= 0.3 is 0 Å². The third-order valence-electron chi connectivity index (χ3n) is 5.85. The number of nitrogens with one attached hydrogen (secondary N) is 1. The number of piperazine rings is 1. The largest absolute Gasteiger partial charge is 0.493 e. The molecule has 1 aliphatic heterocycles. The van der Waals surface area contributed by atoms with E-state index < -0.39 is 0 Å². The average molecular weight is 442 g/mol. The van der Waals surface area contributed by atoms with Crippen molar-refractivity contribution >= 4 is 5.91 Å². The van der Waals surface area contributed by atoms with Crippen molar-refractivity contribution in [3.8, 4) is 17.2 Å². The molecule has 1 saturated heterocycles. The van der Waals surface area contributed by atoms with Crippen LogP contribution >= 0.6 is 0 Å². The van der Waals surface area contributed by atoms with Crippen molar-refractivity contribution in [2.24, 2.45) is 0 Å². The zero-order valence-corrected chi connectivity index (χ0v) is 19.6. The number of ether oxygens (including phenoxy) is 3. The lowest BCUT2D eigenvalue weighted by molar-refractivity contribution is -0.121. The van der Waals surface area contributed by atoms with Gasteiger partial charge in [-0.3, -0.25) is 9.69 Å². The number of methoxy groups -OCH3 is 3. The number of hydrogen-bond donors (Lipinski definition) is 1. The fraction of sp³-hybridized carbons (Fsp3) is 0.480. The third-order valence-corrected chi connectivity index (χ3v) is 5.85. The summed E-state index contributed by atoms with van der Waals surface area (Å²) >= 11 is 0. The lowest BCUT2D eigenvalue weighted by Gasteiger charge is -2.32. The van der Waals surface area contributed by atoms with Crippen LogP contribution in [0.15, 0.2) is 36.4 Å². The number of rotatable bonds is 10. The summed E-state index contributed by atoms with van der Waals surface area (Å²) in [6.07, 6.45) is 0.978. The highest BCUT2D eigenvalue weighted by Crippen LogP contribution is 2.38. The minimum Gasteiger partial charge on any atom is -0.493 e. The Morgan fingerprint density at radius 1 is 0.906 bits per heavy atom. The molecular weight excluding hydrogens is 406 g/mol. The predicted octanol–water partition coefficient (Wildman–Crippen LogP) is 2.71. The van der Waals surface area contributed by atoms with E-state index in [0.717, 1.165) is 43.9 Å². The first-order valence-electron chi connectivity index (χ1n) is 11.1. The van der Waals surface area contributed by atoms with Crippen LogP contribution in [-0.2, 0) is 24.3 Å². The molecule has 0 bridgehead atoms. The average Bonchev–Trinajstić information content (AvgIpc) is 2.82. The lowest BCUT2D eigenvalue weighted by Crippen LogP contribution is -2.43. The van der Waals surface area contributed by atoms with Crippen molar-refractivity contribution < 1.29 is 19.0 Å². The van der Waals surface area contributed by atoms with Crippen LogP contribution < -0.4 is 19.5 Å². The van der Waals surface area contributed by atoms with Gasteiger partial charge in [-0.1, -0.05) is 24.3 Å². The summed E-state index contributed by atoms with van der Waals surface area (Å²) in [6.45, 7) is 5.90. The molecule has 2 aromatic rings. The van der Waals surface area contributed by atoms with Crippen LogP contribution in [0.5, 0.6) is 17.2 Å². The van der Waals surface area contributed by atoms with Gasteiger partial charge in [0.15, 0.2) is 11.5 Å². The fourth-order valence-electron chi connectivity index (χ4n) is 3.93. The van der Waals surface area contributed by atoms with Crippen LogP contribution in [0.4, 0.5) is 0 Å². The SMILES string of the molecule is COc1cc(CCC(=O)NCc2cccc(CN3CCN(C)CC3)c2)cc(OC)c1OC. The highest BCUT2D eigenvalue weighted by Gasteiger charge is 2.15. The van der Waals surface area contributed by atoms with Gasteiger partial charge in [-0.2, -0.15) is 0 Å². The maximum Gasteiger partial charge on any atom is 0.220 e. The van der Waals surface area contributed by atoms with Crippen LogP contribution in [0.2, 0.25) is 0 Å². The summed E-state index contributed by atoms with van der Waals surface area (Å²) in [6, 6.07) is 12.3. The van der Waals surface area contributed by atoms with E-state index in [1.165, 1.54) is 5.56 Å². The summed E-state index contributed by atoms with van der Waals surface area (Å²) in [5.41, 5.74) is 3.38. The molecule has 174 valence electrons. The number of hydrogen-bond acceptors (Lipinski definition) is 6. The third kappa shape index (κ3) is 6.61. The van der Waals surface area contributed by atoms with Crippen molar-refractivity contribution in [2.45, 2.75) is 25.9 Å². The van der Waals surface area contributed by atoms with Gasteiger partial charge < -0.3 is 24.4 Å². The second-order valence-electron chi connectivity index (χ2n) is 8.21. The molecule has 1 aliphatic rings. The number of nitrogens with zero attached hydrogens (tertiary/aromatic N) is 2. The first kappa shape index (κ1) is 23.9. The maximum atomic E-state index is 12.4. The van der Waals surface area contributed by atoms with Crippen LogP contribution in [0.1, 0.15) is 23.1 Å². The monoisotopic (exact) mass is 441 g/mol. The molecule has 1 N–H and O–H groups in total. The van der Waals surface area contributed by atoms with E-state index in [2.05, 4.69) is 46.4 Å². The molecule has 0 aromatic heterocycles. The molecule has 1 heterocycles. The minimum absolute atomic E-state index is 0.0169. The van der Waals surface area contributed by atoms with E-state index >= 15 is 0 Å². The Kier molecular flexibility index (Phi) is 8.76. The number of aryl methyl sites for hydroxylation is 1. The molecule has 0 unspecified atom stereocenters. The maximum absolute atomic E-state index is 12.4. The van der Waals surface area contributed by atoms with Crippen molar-refractivity contribution in [3.05, 3.63) is 53.1 Å². The van der Waals surface area contributed by atoms with Gasteiger partial charge in [-0.25, -0.2) is 0 Å². The van der Waals surface area contributed by atoms with E-state index in [1.54, 1.807) is 21.3 Å². The molecule has 2 aromatic carbocycles. The smallest absolute Gasteiger partial charge is 0.220 e. The summed E-state index contributed by atoms with van der Waals surface area (Å²) < 4.78 is 16.1. The number of amides is 1. The van der Waals surface area contributed by atoms with Crippen LogP contribution in [-0.4, -0.2) is 70.3 Å².